The molecule has 1 aromatic rings. The fraction of sp³-hybridized carbons (Fsp3) is 0.462. The van der Waals surface area contributed by atoms with Crippen molar-refractivity contribution in [3.05, 3.63) is 29.8 Å². The van der Waals surface area contributed by atoms with Gasteiger partial charge in [0.25, 0.3) is 0 Å². The van der Waals surface area contributed by atoms with Gasteiger partial charge in [0, 0.05) is 6.54 Å². The van der Waals surface area contributed by atoms with Crippen LogP contribution in [0, 0.1) is 0 Å². The zero-order valence-corrected chi connectivity index (χ0v) is 12.5. The van der Waals surface area contributed by atoms with E-state index in [9.17, 15) is 13.2 Å². The Morgan fingerprint density at radius 3 is 2.40 bits per heavy atom. The third-order valence-electron chi connectivity index (χ3n) is 2.57. The highest BCUT2D eigenvalue weighted by Crippen LogP contribution is 2.11. The van der Waals surface area contributed by atoms with Crippen LogP contribution in [0.2, 0.25) is 0 Å². The van der Waals surface area contributed by atoms with Gasteiger partial charge in [-0.2, -0.15) is 0 Å². The molecule has 0 heterocycles. The molecule has 1 aromatic carbocycles. The molecular formula is C13H20N2O4S. The van der Waals surface area contributed by atoms with E-state index in [0.717, 1.165) is 6.54 Å². The Labute approximate surface area is 119 Å². The molecule has 20 heavy (non-hydrogen) atoms. The summed E-state index contributed by atoms with van der Waals surface area (Å²) < 4.78 is 31.2. The van der Waals surface area contributed by atoms with E-state index in [1.165, 1.54) is 24.3 Å². The van der Waals surface area contributed by atoms with Gasteiger partial charge in [-0.1, -0.05) is 0 Å². The Hall–Kier alpha value is -1.44. The number of sulfonamides is 1. The molecule has 2 N–H and O–H groups in total. The number of hydrogen-bond acceptors (Lipinski definition) is 5. The molecule has 0 unspecified atom stereocenters. The van der Waals surface area contributed by atoms with Crippen LogP contribution in [0.5, 0.6) is 0 Å². The zero-order chi connectivity index (χ0) is 15.0. The summed E-state index contributed by atoms with van der Waals surface area (Å²) in [7, 11) is -1.72. The van der Waals surface area contributed by atoms with E-state index >= 15 is 0 Å². The monoisotopic (exact) mass is 300 g/mol. The summed E-state index contributed by atoms with van der Waals surface area (Å²) >= 11 is 0. The summed E-state index contributed by atoms with van der Waals surface area (Å²) in [6.45, 7) is 3.10. The molecule has 0 aromatic heterocycles. The normalized spacial score (nSPS) is 11.3. The van der Waals surface area contributed by atoms with Gasteiger partial charge in [-0.15, -0.1) is 0 Å². The number of carbonyl (C=O) groups is 1. The maximum Gasteiger partial charge on any atom is 0.338 e. The molecule has 0 amide bonds. The number of esters is 1. The molecule has 0 spiro atoms. The average molecular weight is 300 g/mol. The van der Waals surface area contributed by atoms with Gasteiger partial charge in [-0.3, -0.25) is 0 Å². The highest BCUT2D eigenvalue weighted by atomic mass is 32.2. The molecule has 0 aliphatic heterocycles. The van der Waals surface area contributed by atoms with E-state index in [-0.39, 0.29) is 11.5 Å². The van der Waals surface area contributed by atoms with Gasteiger partial charge in [-0.25, -0.2) is 17.9 Å². The minimum absolute atomic E-state index is 0.134. The minimum Gasteiger partial charge on any atom is -0.462 e. The number of hydrogen-bond donors (Lipinski definition) is 2. The van der Waals surface area contributed by atoms with Crippen LogP contribution in [-0.4, -0.2) is 41.1 Å². The quantitative estimate of drug-likeness (QED) is 0.547. The van der Waals surface area contributed by atoms with Gasteiger partial charge in [0.2, 0.25) is 10.0 Å². The summed E-state index contributed by atoms with van der Waals surface area (Å²) in [5, 5.41) is 2.94. The number of rotatable bonds is 8. The van der Waals surface area contributed by atoms with Crippen molar-refractivity contribution in [2.45, 2.75) is 18.2 Å². The SMILES string of the molecule is CCOC(=O)c1ccc(S(=O)(=O)NCCCNC)cc1. The standard InChI is InChI=1S/C13H20N2O4S/c1-3-19-13(16)11-5-7-12(8-6-11)20(17,18)15-10-4-9-14-2/h5-8,14-15H,3-4,9-10H2,1-2H3. The third kappa shape index (κ3) is 4.92. The van der Waals surface area contributed by atoms with Gasteiger partial charge in [0.05, 0.1) is 17.1 Å². The van der Waals surface area contributed by atoms with Crippen molar-refractivity contribution in [2.24, 2.45) is 0 Å². The number of ether oxygens (including phenoxy) is 1. The molecule has 6 nitrogen and oxygen atoms in total. The Kier molecular flexibility index (Phi) is 6.63. The summed E-state index contributed by atoms with van der Waals surface area (Å²) in [4.78, 5) is 11.6. The van der Waals surface area contributed by atoms with E-state index in [4.69, 9.17) is 4.74 Å². The topological polar surface area (TPSA) is 84.5 Å². The molecule has 0 aliphatic carbocycles. The fourth-order valence-electron chi connectivity index (χ4n) is 1.54. The second-order valence-corrected chi connectivity index (χ2v) is 5.87. The van der Waals surface area contributed by atoms with E-state index in [1.54, 1.807) is 6.92 Å². The van der Waals surface area contributed by atoms with Crippen LogP contribution in [0.25, 0.3) is 0 Å². The van der Waals surface area contributed by atoms with Crippen molar-refractivity contribution in [2.75, 3.05) is 26.7 Å². The lowest BCUT2D eigenvalue weighted by atomic mass is 10.2. The lowest BCUT2D eigenvalue weighted by Crippen LogP contribution is -2.26. The lowest BCUT2D eigenvalue weighted by molar-refractivity contribution is 0.0526. The van der Waals surface area contributed by atoms with Crippen molar-refractivity contribution in [1.82, 2.24) is 10.0 Å². The summed E-state index contributed by atoms with van der Waals surface area (Å²) in [5.74, 6) is -0.460. The Morgan fingerprint density at radius 2 is 1.85 bits per heavy atom. The van der Waals surface area contributed by atoms with Crippen LogP contribution >= 0.6 is 0 Å². The predicted octanol–water partition coefficient (Wildman–Crippen LogP) is 0.751. The second kappa shape index (κ2) is 7.98. The Morgan fingerprint density at radius 1 is 1.20 bits per heavy atom. The van der Waals surface area contributed by atoms with Gasteiger partial charge in [0.1, 0.15) is 0 Å². The van der Waals surface area contributed by atoms with Crippen molar-refractivity contribution in [3.63, 3.8) is 0 Å². The summed E-state index contributed by atoms with van der Waals surface area (Å²) in [6, 6.07) is 5.68. The minimum atomic E-state index is -3.53. The van der Waals surface area contributed by atoms with E-state index in [1.807, 2.05) is 7.05 Å². The van der Waals surface area contributed by atoms with E-state index in [0.29, 0.717) is 18.5 Å². The van der Waals surface area contributed by atoms with Crippen molar-refractivity contribution in [3.8, 4) is 0 Å². The maximum atomic E-state index is 12.0. The number of benzene rings is 1. The number of carbonyl (C=O) groups excluding carboxylic acids is 1. The van der Waals surface area contributed by atoms with E-state index < -0.39 is 16.0 Å². The highest BCUT2D eigenvalue weighted by molar-refractivity contribution is 7.89. The largest absolute Gasteiger partial charge is 0.462 e. The van der Waals surface area contributed by atoms with Crippen molar-refractivity contribution >= 4 is 16.0 Å². The summed E-state index contributed by atoms with van der Waals surface area (Å²) in [6.07, 6.45) is 0.705. The van der Waals surface area contributed by atoms with Crippen LogP contribution < -0.4 is 10.0 Å². The molecule has 1 rings (SSSR count). The summed E-state index contributed by atoms with van der Waals surface area (Å²) in [5.41, 5.74) is 0.334. The van der Waals surface area contributed by atoms with Crippen LogP contribution in [0.3, 0.4) is 0 Å². The first-order valence-electron chi connectivity index (χ1n) is 6.42. The van der Waals surface area contributed by atoms with Gasteiger partial charge in [-0.05, 0) is 51.2 Å². The van der Waals surface area contributed by atoms with Crippen molar-refractivity contribution < 1.29 is 17.9 Å². The first-order valence-corrected chi connectivity index (χ1v) is 7.91. The van der Waals surface area contributed by atoms with Crippen molar-refractivity contribution in [1.29, 1.82) is 0 Å². The lowest BCUT2D eigenvalue weighted by Gasteiger charge is -2.07. The van der Waals surface area contributed by atoms with Crippen LogP contribution in [0.4, 0.5) is 0 Å². The van der Waals surface area contributed by atoms with Crippen LogP contribution in [0.15, 0.2) is 29.2 Å². The fourth-order valence-corrected chi connectivity index (χ4v) is 2.61. The van der Waals surface area contributed by atoms with Crippen LogP contribution in [-0.2, 0) is 14.8 Å². The number of nitrogens with one attached hydrogen (secondary N) is 2. The molecule has 0 radical (unpaired) electrons. The third-order valence-corrected chi connectivity index (χ3v) is 4.05. The van der Waals surface area contributed by atoms with Gasteiger partial charge >= 0.3 is 5.97 Å². The van der Waals surface area contributed by atoms with Gasteiger partial charge < -0.3 is 10.1 Å². The predicted molar refractivity (Wildman–Crippen MR) is 76.1 cm³/mol. The molecule has 0 fully saturated rings. The molecule has 112 valence electrons. The first kappa shape index (κ1) is 16.6. The molecular weight excluding hydrogens is 280 g/mol. The molecule has 0 saturated carbocycles. The Bertz CT molecular complexity index is 526. The van der Waals surface area contributed by atoms with Crippen LogP contribution in [0.1, 0.15) is 23.7 Å². The molecule has 0 aliphatic rings. The first-order chi connectivity index (χ1) is 9.51. The van der Waals surface area contributed by atoms with E-state index in [2.05, 4.69) is 10.0 Å². The molecule has 0 saturated heterocycles. The Balaban J connectivity index is 2.69. The molecule has 0 atom stereocenters. The molecule has 7 heteroatoms. The zero-order valence-electron chi connectivity index (χ0n) is 11.7. The smallest absolute Gasteiger partial charge is 0.338 e. The average Bonchev–Trinajstić information content (AvgIpc) is 2.44. The van der Waals surface area contributed by atoms with Gasteiger partial charge in [0.15, 0.2) is 0 Å². The maximum absolute atomic E-state index is 12.0. The highest BCUT2D eigenvalue weighted by Gasteiger charge is 2.14. The second-order valence-electron chi connectivity index (χ2n) is 4.10. The molecule has 0 bridgehead atoms.